The smallest absolute Gasteiger partial charge is 0.141 e. The molecule has 1 aromatic carbocycles. The van der Waals surface area contributed by atoms with Gasteiger partial charge in [0.1, 0.15) is 12.4 Å². The van der Waals surface area contributed by atoms with E-state index in [1.54, 1.807) is 10.7 Å². The second-order valence-electron chi connectivity index (χ2n) is 5.17. The molecule has 114 valence electrons. The molecule has 0 saturated heterocycles. The molecule has 0 spiro atoms. The lowest BCUT2D eigenvalue weighted by atomic mass is 10.1. The van der Waals surface area contributed by atoms with Crippen LogP contribution in [0.1, 0.15) is 23.9 Å². The molecule has 1 atom stereocenters. The first kappa shape index (κ1) is 16.1. The fraction of sp³-hybridized carbons (Fsp3) is 0.400. The van der Waals surface area contributed by atoms with Crippen LogP contribution in [0.25, 0.3) is 0 Å². The highest BCUT2D eigenvalue weighted by Crippen LogP contribution is 2.31. The van der Waals surface area contributed by atoms with Crippen molar-refractivity contribution in [1.82, 2.24) is 9.78 Å². The predicted octanol–water partition coefficient (Wildman–Crippen LogP) is 3.50. The minimum absolute atomic E-state index is 0.0355. The molecule has 21 heavy (non-hydrogen) atoms. The predicted molar refractivity (Wildman–Crippen MR) is 86.1 cm³/mol. The Balaban J connectivity index is 2.23. The molecule has 1 aromatic heterocycles. The van der Waals surface area contributed by atoms with E-state index >= 15 is 0 Å². The number of benzene rings is 1. The van der Waals surface area contributed by atoms with E-state index in [4.69, 9.17) is 33.7 Å². The van der Waals surface area contributed by atoms with Gasteiger partial charge >= 0.3 is 0 Å². The molecule has 2 aromatic rings. The lowest BCUT2D eigenvalue weighted by molar-refractivity contribution is 0.291. The van der Waals surface area contributed by atoms with Gasteiger partial charge in [-0.05, 0) is 31.9 Å². The Bertz CT molecular complexity index is 638. The van der Waals surface area contributed by atoms with E-state index in [0.29, 0.717) is 28.8 Å². The summed E-state index contributed by atoms with van der Waals surface area (Å²) in [4.78, 5) is 0. The number of nitrogens with zero attached hydrogens (tertiary/aromatic N) is 2. The van der Waals surface area contributed by atoms with Crippen LogP contribution in [0.3, 0.4) is 0 Å². The van der Waals surface area contributed by atoms with E-state index < -0.39 is 0 Å². The van der Waals surface area contributed by atoms with Gasteiger partial charge in [0.25, 0.3) is 0 Å². The third-order valence-electron chi connectivity index (χ3n) is 3.21. The normalized spacial score (nSPS) is 12.5. The number of aromatic nitrogens is 2. The molecule has 0 aliphatic carbocycles. The fourth-order valence-corrected chi connectivity index (χ4v) is 2.66. The lowest BCUT2D eigenvalue weighted by Gasteiger charge is -2.15. The van der Waals surface area contributed by atoms with Crippen LogP contribution in [0.4, 0.5) is 0 Å². The van der Waals surface area contributed by atoms with E-state index in [0.717, 1.165) is 17.0 Å². The second kappa shape index (κ2) is 6.69. The van der Waals surface area contributed by atoms with Gasteiger partial charge in [0, 0.05) is 13.1 Å². The van der Waals surface area contributed by atoms with Gasteiger partial charge in [0.15, 0.2) is 0 Å². The van der Waals surface area contributed by atoms with Crippen LogP contribution in [0.2, 0.25) is 10.0 Å². The molecule has 2 N–H and O–H groups in total. The van der Waals surface area contributed by atoms with Gasteiger partial charge in [-0.1, -0.05) is 35.3 Å². The van der Waals surface area contributed by atoms with Crippen molar-refractivity contribution in [1.29, 1.82) is 0 Å². The van der Waals surface area contributed by atoms with Crippen molar-refractivity contribution in [3.05, 3.63) is 45.2 Å². The number of para-hydroxylation sites is 1. The molecule has 0 aliphatic rings. The van der Waals surface area contributed by atoms with Crippen molar-refractivity contribution in [2.24, 2.45) is 12.8 Å². The van der Waals surface area contributed by atoms with Crippen LogP contribution >= 0.6 is 23.2 Å². The molecular weight excluding hydrogens is 309 g/mol. The van der Waals surface area contributed by atoms with Crippen LogP contribution in [0.15, 0.2) is 18.2 Å². The molecule has 0 aliphatic heterocycles. The molecule has 0 amide bonds. The third kappa shape index (κ3) is 3.70. The van der Waals surface area contributed by atoms with Crippen molar-refractivity contribution >= 4 is 23.2 Å². The molecule has 0 bridgehead atoms. The molecule has 0 fully saturated rings. The summed E-state index contributed by atoms with van der Waals surface area (Å²) in [5.74, 6) is 0.659. The number of hydrogen-bond acceptors (Lipinski definition) is 3. The minimum Gasteiger partial charge on any atom is -0.485 e. The topological polar surface area (TPSA) is 53.1 Å². The van der Waals surface area contributed by atoms with Crippen LogP contribution in [0.5, 0.6) is 5.75 Å². The maximum Gasteiger partial charge on any atom is 0.141 e. The summed E-state index contributed by atoms with van der Waals surface area (Å²) in [6.07, 6.45) is 0.702. The molecule has 0 radical (unpaired) electrons. The monoisotopic (exact) mass is 327 g/mol. The Morgan fingerprint density at radius 3 is 2.67 bits per heavy atom. The highest BCUT2D eigenvalue weighted by Gasteiger charge is 2.15. The van der Waals surface area contributed by atoms with Gasteiger partial charge in [-0.15, -0.1) is 0 Å². The van der Waals surface area contributed by atoms with Gasteiger partial charge in [-0.25, -0.2) is 0 Å². The first-order valence-corrected chi connectivity index (χ1v) is 7.49. The average Bonchev–Trinajstić information content (AvgIpc) is 2.63. The molecule has 1 heterocycles. The summed E-state index contributed by atoms with van der Waals surface area (Å²) in [6.45, 7) is 4.13. The van der Waals surface area contributed by atoms with Gasteiger partial charge in [0.2, 0.25) is 0 Å². The number of halogens is 2. The SMILES string of the molecule is Cc1nn(C)c(COc2c(Cl)cccc2CC(C)N)c1Cl. The lowest BCUT2D eigenvalue weighted by Crippen LogP contribution is -2.18. The van der Waals surface area contributed by atoms with Gasteiger partial charge in [0.05, 0.1) is 21.4 Å². The van der Waals surface area contributed by atoms with E-state index in [9.17, 15) is 0 Å². The largest absolute Gasteiger partial charge is 0.485 e. The van der Waals surface area contributed by atoms with Crippen LogP contribution in [0, 0.1) is 6.92 Å². The Morgan fingerprint density at radius 2 is 2.10 bits per heavy atom. The number of ether oxygens (including phenoxy) is 1. The molecule has 0 saturated carbocycles. The van der Waals surface area contributed by atoms with Crippen molar-refractivity contribution in [2.75, 3.05) is 0 Å². The van der Waals surface area contributed by atoms with Crippen LogP contribution in [-0.2, 0) is 20.1 Å². The second-order valence-corrected chi connectivity index (χ2v) is 5.95. The first-order valence-electron chi connectivity index (χ1n) is 6.74. The van der Waals surface area contributed by atoms with E-state index in [-0.39, 0.29) is 6.04 Å². The van der Waals surface area contributed by atoms with Gasteiger partial charge < -0.3 is 10.5 Å². The van der Waals surface area contributed by atoms with Crippen LogP contribution < -0.4 is 10.5 Å². The maximum atomic E-state index is 6.24. The summed E-state index contributed by atoms with van der Waals surface area (Å²) in [7, 11) is 1.84. The molecule has 2 rings (SSSR count). The Kier molecular flexibility index (Phi) is 5.14. The zero-order valence-corrected chi connectivity index (χ0v) is 13.9. The van der Waals surface area contributed by atoms with Crippen molar-refractivity contribution in [3.8, 4) is 5.75 Å². The van der Waals surface area contributed by atoms with Crippen LogP contribution in [-0.4, -0.2) is 15.8 Å². The van der Waals surface area contributed by atoms with E-state index in [1.807, 2.05) is 33.0 Å². The first-order chi connectivity index (χ1) is 9.90. The van der Waals surface area contributed by atoms with Gasteiger partial charge in [-0.3, -0.25) is 4.68 Å². The summed E-state index contributed by atoms with van der Waals surface area (Å²) >= 11 is 12.5. The summed E-state index contributed by atoms with van der Waals surface area (Å²) in [5, 5.41) is 5.46. The van der Waals surface area contributed by atoms with Crippen molar-refractivity contribution in [3.63, 3.8) is 0 Å². The third-order valence-corrected chi connectivity index (χ3v) is 3.99. The summed E-state index contributed by atoms with van der Waals surface area (Å²) in [6, 6.07) is 5.71. The molecular formula is C15H19Cl2N3O. The zero-order chi connectivity index (χ0) is 15.6. The zero-order valence-electron chi connectivity index (χ0n) is 12.4. The summed E-state index contributed by atoms with van der Waals surface area (Å²) in [5.41, 5.74) is 8.47. The van der Waals surface area contributed by atoms with E-state index in [2.05, 4.69) is 5.10 Å². The standard InChI is InChI=1S/C15H19Cl2N3O/c1-9(18)7-11-5-4-6-12(16)15(11)21-8-13-14(17)10(2)19-20(13)3/h4-6,9H,7-8,18H2,1-3H3. The van der Waals surface area contributed by atoms with Crippen molar-refractivity contribution in [2.45, 2.75) is 32.9 Å². The van der Waals surface area contributed by atoms with E-state index in [1.165, 1.54) is 0 Å². The average molecular weight is 328 g/mol. The summed E-state index contributed by atoms with van der Waals surface area (Å²) < 4.78 is 7.62. The molecule has 4 nitrogen and oxygen atoms in total. The minimum atomic E-state index is 0.0355. The number of rotatable bonds is 5. The maximum absolute atomic E-state index is 6.24. The Morgan fingerprint density at radius 1 is 1.38 bits per heavy atom. The number of nitrogens with two attached hydrogens (primary N) is 1. The molecule has 6 heteroatoms. The fourth-order valence-electron chi connectivity index (χ4n) is 2.20. The quantitative estimate of drug-likeness (QED) is 0.914. The highest BCUT2D eigenvalue weighted by atomic mass is 35.5. The van der Waals surface area contributed by atoms with Crippen molar-refractivity contribution < 1.29 is 4.74 Å². The number of hydrogen-bond donors (Lipinski definition) is 1. The Hall–Kier alpha value is -1.23. The number of aryl methyl sites for hydroxylation is 2. The highest BCUT2D eigenvalue weighted by molar-refractivity contribution is 6.32. The molecule has 1 unspecified atom stereocenters. The van der Waals surface area contributed by atoms with Gasteiger partial charge in [-0.2, -0.15) is 5.10 Å². The Labute approximate surface area is 134 Å².